The fourth-order valence-electron chi connectivity index (χ4n) is 4.26. The quantitative estimate of drug-likeness (QED) is 0.169. The van der Waals surface area contributed by atoms with E-state index in [1.54, 1.807) is 6.20 Å². The number of nitrogens with one attached hydrogen (secondary N) is 4. The smallest absolute Gasteiger partial charge is 0.326 e. The minimum Gasteiger partial charge on any atom is -0.480 e. The molecule has 1 aromatic carbocycles. The zero-order chi connectivity index (χ0) is 29.3. The first-order chi connectivity index (χ1) is 18.3. The van der Waals surface area contributed by atoms with Crippen molar-refractivity contribution in [2.24, 2.45) is 23.3 Å². The van der Waals surface area contributed by atoms with Gasteiger partial charge in [0.2, 0.25) is 23.6 Å². The summed E-state index contributed by atoms with van der Waals surface area (Å²) >= 11 is 0. The van der Waals surface area contributed by atoms with E-state index in [2.05, 4.69) is 20.9 Å². The van der Waals surface area contributed by atoms with Gasteiger partial charge in [-0.3, -0.25) is 19.2 Å². The molecule has 2 aromatic rings. The molecule has 12 nitrogen and oxygen atoms in total. The zero-order valence-corrected chi connectivity index (χ0v) is 22.8. The van der Waals surface area contributed by atoms with Crippen molar-refractivity contribution in [3.05, 3.63) is 36.0 Å². The molecule has 214 valence electrons. The molecule has 1 heterocycles. The normalized spacial score (nSPS) is 14.4. The van der Waals surface area contributed by atoms with Crippen LogP contribution in [0.2, 0.25) is 0 Å². The Labute approximate surface area is 227 Å². The Kier molecular flexibility index (Phi) is 11.5. The highest BCUT2D eigenvalue weighted by atomic mass is 16.4. The topological polar surface area (TPSA) is 209 Å². The number of nitrogens with two attached hydrogens (primary N) is 2. The number of aliphatic carboxylic acids is 1. The lowest BCUT2D eigenvalue weighted by molar-refractivity contribution is -0.143. The highest BCUT2D eigenvalue weighted by Crippen LogP contribution is 2.19. The van der Waals surface area contributed by atoms with Crippen LogP contribution >= 0.6 is 0 Å². The van der Waals surface area contributed by atoms with Crippen LogP contribution in [0.5, 0.6) is 0 Å². The van der Waals surface area contributed by atoms with Crippen LogP contribution in [0.1, 0.15) is 52.5 Å². The fraction of sp³-hybridized carbons (Fsp3) is 0.519. The summed E-state index contributed by atoms with van der Waals surface area (Å²) in [6.45, 7) is 7.33. The number of benzene rings is 1. The van der Waals surface area contributed by atoms with Gasteiger partial charge < -0.3 is 37.5 Å². The van der Waals surface area contributed by atoms with Gasteiger partial charge in [0.1, 0.15) is 18.1 Å². The largest absolute Gasteiger partial charge is 0.480 e. The summed E-state index contributed by atoms with van der Waals surface area (Å²) in [6, 6.07) is 2.89. The summed E-state index contributed by atoms with van der Waals surface area (Å²) in [5, 5.41) is 17.9. The lowest BCUT2D eigenvalue weighted by Crippen LogP contribution is -2.58. The molecular weight excluding hydrogens is 504 g/mol. The van der Waals surface area contributed by atoms with Gasteiger partial charge in [0.15, 0.2) is 0 Å². The van der Waals surface area contributed by atoms with E-state index >= 15 is 0 Å². The van der Waals surface area contributed by atoms with Crippen LogP contribution in [0, 0.1) is 11.8 Å². The summed E-state index contributed by atoms with van der Waals surface area (Å²) in [4.78, 5) is 65.5. The maximum atomic E-state index is 13.1. The van der Waals surface area contributed by atoms with E-state index < -0.39 is 60.2 Å². The molecule has 4 amide bonds. The van der Waals surface area contributed by atoms with Gasteiger partial charge in [-0.15, -0.1) is 0 Å². The number of fused-ring (bicyclic) bond motifs is 1. The SMILES string of the molecule is CC(C)CC(NC(=O)C(CC(C)C)NC(=O)C(CC(N)=O)NC(=O)C(N)Cc1c[nH]c2ccccc12)C(=O)O. The van der Waals surface area contributed by atoms with Crippen LogP contribution in [-0.2, 0) is 30.4 Å². The van der Waals surface area contributed by atoms with Gasteiger partial charge in [-0.05, 0) is 42.7 Å². The molecule has 4 atom stereocenters. The van der Waals surface area contributed by atoms with Gasteiger partial charge in [0.25, 0.3) is 0 Å². The summed E-state index contributed by atoms with van der Waals surface area (Å²) in [6.07, 6.45) is 1.81. The molecule has 0 spiro atoms. The number of hydrogen-bond donors (Lipinski definition) is 7. The van der Waals surface area contributed by atoms with Gasteiger partial charge in [0, 0.05) is 17.1 Å². The summed E-state index contributed by atoms with van der Waals surface area (Å²) in [5.74, 6) is -4.21. The number of carbonyl (C=O) groups is 5. The lowest BCUT2D eigenvalue weighted by atomic mass is 10.00. The highest BCUT2D eigenvalue weighted by Gasteiger charge is 2.31. The maximum absolute atomic E-state index is 13.1. The molecule has 0 fully saturated rings. The molecular formula is C27H40N6O6. The molecule has 0 radical (unpaired) electrons. The number of rotatable bonds is 15. The van der Waals surface area contributed by atoms with Crippen molar-refractivity contribution in [2.45, 2.75) is 77.5 Å². The number of H-pyrrole nitrogens is 1. The summed E-state index contributed by atoms with van der Waals surface area (Å²) < 4.78 is 0. The van der Waals surface area contributed by atoms with E-state index in [0.717, 1.165) is 16.5 Å². The number of primary amides is 1. The molecule has 0 saturated heterocycles. The standard InChI is InChI=1S/C27H40N6O6/c1-14(2)9-20(25(36)33-22(27(38)39)10-15(3)4)32-26(37)21(12-23(29)34)31-24(35)18(28)11-16-13-30-19-8-6-5-7-17(16)19/h5-8,13-15,18,20-22,30H,9-12,28H2,1-4H3,(H2,29,34)(H,31,35)(H,32,37)(H,33,36)(H,38,39). The van der Waals surface area contributed by atoms with E-state index in [0.29, 0.717) is 0 Å². The lowest BCUT2D eigenvalue weighted by Gasteiger charge is -2.26. The van der Waals surface area contributed by atoms with Crippen LogP contribution in [0.15, 0.2) is 30.5 Å². The van der Waals surface area contributed by atoms with Crippen molar-refractivity contribution in [1.82, 2.24) is 20.9 Å². The average molecular weight is 545 g/mol. The second-order valence-corrected chi connectivity index (χ2v) is 10.6. The van der Waals surface area contributed by atoms with E-state index in [1.165, 1.54) is 0 Å². The Morgan fingerprint density at radius 1 is 0.846 bits per heavy atom. The maximum Gasteiger partial charge on any atom is 0.326 e. The van der Waals surface area contributed by atoms with Gasteiger partial charge in [-0.2, -0.15) is 0 Å². The van der Waals surface area contributed by atoms with E-state index in [9.17, 15) is 29.1 Å². The van der Waals surface area contributed by atoms with Crippen LogP contribution in [0.3, 0.4) is 0 Å². The minimum absolute atomic E-state index is 0.00756. The Morgan fingerprint density at radius 2 is 1.38 bits per heavy atom. The second-order valence-electron chi connectivity index (χ2n) is 10.6. The van der Waals surface area contributed by atoms with Crippen molar-refractivity contribution in [3.63, 3.8) is 0 Å². The first kappa shape index (κ1) is 31.3. The molecule has 39 heavy (non-hydrogen) atoms. The van der Waals surface area contributed by atoms with E-state index in [1.807, 2.05) is 52.0 Å². The molecule has 0 aliphatic heterocycles. The minimum atomic E-state index is -1.38. The van der Waals surface area contributed by atoms with Crippen LogP contribution in [-0.4, -0.2) is 63.9 Å². The van der Waals surface area contributed by atoms with Gasteiger partial charge in [-0.1, -0.05) is 45.9 Å². The molecule has 2 rings (SSSR count). The van der Waals surface area contributed by atoms with Crippen molar-refractivity contribution >= 4 is 40.5 Å². The molecule has 0 aliphatic carbocycles. The third kappa shape index (κ3) is 9.71. The third-order valence-electron chi connectivity index (χ3n) is 6.15. The Balaban J connectivity index is 2.14. The molecule has 12 heteroatoms. The predicted molar refractivity (Wildman–Crippen MR) is 146 cm³/mol. The number of carbonyl (C=O) groups excluding carboxylic acids is 4. The molecule has 1 aromatic heterocycles. The van der Waals surface area contributed by atoms with Crippen LogP contribution in [0.25, 0.3) is 10.9 Å². The highest BCUT2D eigenvalue weighted by molar-refractivity contribution is 5.96. The fourth-order valence-corrected chi connectivity index (χ4v) is 4.26. The van der Waals surface area contributed by atoms with Crippen molar-refractivity contribution in [3.8, 4) is 0 Å². The van der Waals surface area contributed by atoms with Gasteiger partial charge in [-0.25, -0.2) is 4.79 Å². The Hall–Kier alpha value is -3.93. The first-order valence-corrected chi connectivity index (χ1v) is 13.0. The molecule has 4 unspecified atom stereocenters. The predicted octanol–water partition coefficient (Wildman–Crippen LogP) is 0.544. The Morgan fingerprint density at radius 3 is 1.97 bits per heavy atom. The van der Waals surface area contributed by atoms with Crippen molar-refractivity contribution < 1.29 is 29.1 Å². The number of carboxylic acids is 1. The molecule has 0 bridgehead atoms. The number of aromatic amines is 1. The van der Waals surface area contributed by atoms with Gasteiger partial charge in [0.05, 0.1) is 12.5 Å². The first-order valence-electron chi connectivity index (χ1n) is 13.0. The van der Waals surface area contributed by atoms with Crippen molar-refractivity contribution in [1.29, 1.82) is 0 Å². The number of carboxylic acid groups (broad SMARTS) is 1. The number of hydrogen-bond acceptors (Lipinski definition) is 6. The molecule has 0 aliphatic rings. The zero-order valence-electron chi connectivity index (χ0n) is 22.8. The van der Waals surface area contributed by atoms with Crippen LogP contribution in [0.4, 0.5) is 0 Å². The Bertz CT molecular complexity index is 1180. The van der Waals surface area contributed by atoms with E-state index in [-0.39, 0.29) is 31.1 Å². The number of aromatic nitrogens is 1. The second kappa shape index (κ2) is 14.3. The third-order valence-corrected chi connectivity index (χ3v) is 6.15. The summed E-state index contributed by atoms with van der Waals surface area (Å²) in [7, 11) is 0. The van der Waals surface area contributed by atoms with Crippen molar-refractivity contribution in [2.75, 3.05) is 0 Å². The monoisotopic (exact) mass is 544 g/mol. The number of para-hydroxylation sites is 1. The molecule has 9 N–H and O–H groups in total. The van der Waals surface area contributed by atoms with Crippen LogP contribution < -0.4 is 27.4 Å². The van der Waals surface area contributed by atoms with E-state index in [4.69, 9.17) is 11.5 Å². The average Bonchev–Trinajstić information content (AvgIpc) is 3.24. The summed E-state index contributed by atoms with van der Waals surface area (Å²) in [5.41, 5.74) is 13.1. The number of amides is 4. The van der Waals surface area contributed by atoms with Gasteiger partial charge >= 0.3 is 5.97 Å². The molecule has 0 saturated carbocycles.